The van der Waals surface area contributed by atoms with Crippen molar-refractivity contribution in [3.63, 3.8) is 0 Å². The predicted molar refractivity (Wildman–Crippen MR) is 270 cm³/mol. The third kappa shape index (κ3) is 17.1. The van der Waals surface area contributed by atoms with Crippen LogP contribution in [0.25, 0.3) is 0 Å². The average molecular weight is 951 g/mol. The Morgan fingerprint density at radius 2 is 1.29 bits per heavy atom. The van der Waals surface area contributed by atoms with Crippen molar-refractivity contribution in [2.24, 2.45) is 11.8 Å². The summed E-state index contributed by atoms with van der Waals surface area (Å²) in [6.45, 7) is 10.5. The Morgan fingerprint density at radius 1 is 0.667 bits per heavy atom. The van der Waals surface area contributed by atoms with E-state index in [4.69, 9.17) is 33.2 Å². The zero-order valence-electron chi connectivity index (χ0n) is 41.8. The molecule has 2 aliphatic rings. The fourth-order valence-electron chi connectivity index (χ4n) is 9.12. The summed E-state index contributed by atoms with van der Waals surface area (Å²) >= 11 is 0. The van der Waals surface area contributed by atoms with Gasteiger partial charge in [-0.2, -0.15) is 0 Å². The molecule has 69 heavy (non-hydrogen) atoms. The first-order chi connectivity index (χ1) is 33.6. The normalized spacial score (nSPS) is 23.5. The Labute approximate surface area is 411 Å². The molecular weight excluding hydrogens is 873 g/mol. The SMILES string of the molecule is CCCCCCCCCCC(=O)N[C@H]1C(COCc2ccc(OC)cc2)OCC(NCc2ccccc2)[C@H]1O[C@@H]1OC(COCc2ccc(OC)cc2)[C@@H](C)[C@H](C)C1NC(=O)Nc1cccc(C)c1. The van der Waals surface area contributed by atoms with Crippen LogP contribution in [-0.4, -0.2) is 88.7 Å². The Hall–Kier alpha value is -5.02. The summed E-state index contributed by atoms with van der Waals surface area (Å²) in [4.78, 5) is 28.0. The smallest absolute Gasteiger partial charge is 0.319 e. The lowest BCUT2D eigenvalue weighted by molar-refractivity contribution is -0.277. The first kappa shape index (κ1) is 53.3. The monoisotopic (exact) mass is 951 g/mol. The molecule has 4 aromatic rings. The van der Waals surface area contributed by atoms with Crippen molar-refractivity contribution < 1.29 is 42.7 Å². The predicted octanol–water partition coefficient (Wildman–Crippen LogP) is 9.89. The summed E-state index contributed by atoms with van der Waals surface area (Å²) in [5.41, 5.74) is 4.79. The van der Waals surface area contributed by atoms with Gasteiger partial charge in [-0.15, -0.1) is 0 Å². The van der Waals surface area contributed by atoms with E-state index in [0.717, 1.165) is 53.0 Å². The molecule has 9 atom stereocenters. The van der Waals surface area contributed by atoms with Gasteiger partial charge in [0.2, 0.25) is 5.91 Å². The van der Waals surface area contributed by atoms with E-state index in [1.165, 1.54) is 32.1 Å². The molecule has 0 aromatic heterocycles. The Kier molecular flexibility index (Phi) is 22.1. The van der Waals surface area contributed by atoms with E-state index in [1.54, 1.807) is 14.2 Å². The standard InChI is InChI=1S/C56H78N4O9/c1-7-8-9-10-11-12-13-17-23-51(61)59-53-50(38-66-35-44-26-30-47(64-6)31-27-44)67-36-48(57-33-42-20-15-14-16-21-42)54(53)69-55-52(60-56(62)58-45-22-18-19-39(2)32-45)41(4)40(3)49(68-55)37-65-34-43-24-28-46(63-5)29-25-43/h14-16,18-22,24-32,40-41,48-50,52-55,57H,7-13,17,23,33-38H2,1-6H3,(H,59,61)(H2,58,60,62)/t40-,41-,48?,49?,50?,52?,53-,54+,55-/m0/s1. The van der Waals surface area contributed by atoms with Crippen molar-refractivity contribution >= 4 is 17.6 Å². The van der Waals surface area contributed by atoms with Gasteiger partial charge < -0.3 is 54.4 Å². The van der Waals surface area contributed by atoms with E-state index in [2.05, 4.69) is 54.2 Å². The number of aryl methyl sites for hydroxylation is 1. The molecule has 0 saturated carbocycles. The highest BCUT2D eigenvalue weighted by Gasteiger charge is 2.49. The van der Waals surface area contributed by atoms with Crippen LogP contribution in [0, 0.1) is 18.8 Å². The molecule has 6 rings (SSSR count). The maximum atomic E-state index is 14.1. The molecule has 4 unspecified atom stereocenters. The van der Waals surface area contributed by atoms with Crippen LogP contribution >= 0.6 is 0 Å². The number of ether oxygens (including phenoxy) is 7. The molecule has 2 heterocycles. The average Bonchev–Trinajstić information content (AvgIpc) is 3.36. The lowest BCUT2D eigenvalue weighted by Crippen LogP contribution is -2.68. The number of nitrogens with one attached hydrogen (secondary N) is 4. The lowest BCUT2D eigenvalue weighted by Gasteiger charge is -2.49. The summed E-state index contributed by atoms with van der Waals surface area (Å²) in [6.07, 6.45) is 6.86. The number of hydrogen-bond donors (Lipinski definition) is 4. The van der Waals surface area contributed by atoms with E-state index < -0.39 is 30.6 Å². The second kappa shape index (κ2) is 28.6. The first-order valence-corrected chi connectivity index (χ1v) is 25.2. The van der Waals surface area contributed by atoms with Crippen molar-refractivity contribution in [3.8, 4) is 11.5 Å². The van der Waals surface area contributed by atoms with E-state index in [-0.39, 0.29) is 49.1 Å². The van der Waals surface area contributed by atoms with E-state index in [9.17, 15) is 9.59 Å². The summed E-state index contributed by atoms with van der Waals surface area (Å²) in [5, 5.41) is 13.4. The number of unbranched alkanes of at least 4 members (excludes halogenated alkanes) is 7. The zero-order chi connectivity index (χ0) is 48.8. The summed E-state index contributed by atoms with van der Waals surface area (Å²) in [5.74, 6) is 1.32. The molecule has 376 valence electrons. The maximum absolute atomic E-state index is 14.1. The number of carbonyl (C=O) groups is 2. The number of anilines is 1. The number of urea groups is 1. The molecule has 2 aliphatic heterocycles. The van der Waals surface area contributed by atoms with Gasteiger partial charge in [-0.3, -0.25) is 4.79 Å². The number of methoxy groups -OCH3 is 2. The van der Waals surface area contributed by atoms with Crippen molar-refractivity contribution in [2.45, 2.75) is 148 Å². The minimum Gasteiger partial charge on any atom is -0.497 e. The third-order valence-electron chi connectivity index (χ3n) is 13.5. The van der Waals surface area contributed by atoms with Crippen LogP contribution in [0.5, 0.6) is 11.5 Å². The third-order valence-corrected chi connectivity index (χ3v) is 13.5. The molecule has 2 fully saturated rings. The van der Waals surface area contributed by atoms with Gasteiger partial charge in [0.05, 0.1) is 71.5 Å². The van der Waals surface area contributed by atoms with Crippen molar-refractivity contribution in [3.05, 3.63) is 125 Å². The molecule has 0 radical (unpaired) electrons. The van der Waals surface area contributed by atoms with Crippen LogP contribution in [0.4, 0.5) is 10.5 Å². The molecule has 13 nitrogen and oxygen atoms in total. The van der Waals surface area contributed by atoms with Crippen LogP contribution in [-0.2, 0) is 48.2 Å². The number of benzene rings is 4. The first-order valence-electron chi connectivity index (χ1n) is 25.2. The van der Waals surface area contributed by atoms with Gasteiger partial charge in [-0.1, -0.05) is 132 Å². The zero-order valence-corrected chi connectivity index (χ0v) is 41.8. The molecule has 3 amide bonds. The maximum Gasteiger partial charge on any atom is 0.319 e. The molecule has 2 saturated heterocycles. The number of hydrogen-bond acceptors (Lipinski definition) is 10. The second-order valence-electron chi connectivity index (χ2n) is 18.7. The van der Waals surface area contributed by atoms with Gasteiger partial charge in [0, 0.05) is 18.7 Å². The van der Waals surface area contributed by atoms with Crippen LogP contribution in [0.1, 0.15) is 101 Å². The van der Waals surface area contributed by atoms with Gasteiger partial charge >= 0.3 is 6.03 Å². The number of carbonyl (C=O) groups excluding carboxylic acids is 2. The largest absolute Gasteiger partial charge is 0.497 e. The second-order valence-corrected chi connectivity index (χ2v) is 18.7. The van der Waals surface area contributed by atoms with Gasteiger partial charge in [0.15, 0.2) is 6.29 Å². The summed E-state index contributed by atoms with van der Waals surface area (Å²) in [6, 6.07) is 31.4. The number of amides is 3. The Balaban J connectivity index is 1.27. The molecule has 4 N–H and O–H groups in total. The lowest BCUT2D eigenvalue weighted by atomic mass is 9.82. The molecule has 13 heteroatoms. The highest BCUT2D eigenvalue weighted by atomic mass is 16.7. The van der Waals surface area contributed by atoms with E-state index in [1.807, 2.05) is 97.9 Å². The van der Waals surface area contributed by atoms with Gasteiger partial charge in [-0.05, 0) is 83.8 Å². The van der Waals surface area contributed by atoms with E-state index >= 15 is 0 Å². The van der Waals surface area contributed by atoms with Crippen LogP contribution in [0.2, 0.25) is 0 Å². The fraction of sp³-hybridized carbons (Fsp3) is 0.536. The van der Waals surface area contributed by atoms with E-state index in [0.29, 0.717) is 38.5 Å². The highest BCUT2D eigenvalue weighted by molar-refractivity contribution is 5.89. The Bertz CT molecular complexity index is 2090. The summed E-state index contributed by atoms with van der Waals surface area (Å²) in [7, 11) is 3.29. The van der Waals surface area contributed by atoms with Gasteiger partial charge in [-0.25, -0.2) is 4.79 Å². The molecular formula is C56H78N4O9. The quantitative estimate of drug-likeness (QED) is 0.0426. The van der Waals surface area contributed by atoms with Crippen molar-refractivity contribution in [1.29, 1.82) is 0 Å². The fourth-order valence-corrected chi connectivity index (χ4v) is 9.12. The topological polar surface area (TPSA) is 147 Å². The minimum absolute atomic E-state index is 0.0343. The summed E-state index contributed by atoms with van der Waals surface area (Å²) < 4.78 is 44.4. The minimum atomic E-state index is -0.939. The van der Waals surface area contributed by atoms with Crippen LogP contribution in [0.3, 0.4) is 0 Å². The van der Waals surface area contributed by atoms with Gasteiger partial charge in [0.1, 0.15) is 23.7 Å². The van der Waals surface area contributed by atoms with Crippen LogP contribution < -0.4 is 30.7 Å². The van der Waals surface area contributed by atoms with Gasteiger partial charge in [0.25, 0.3) is 0 Å². The molecule has 0 bridgehead atoms. The molecule has 0 spiro atoms. The van der Waals surface area contributed by atoms with Crippen molar-refractivity contribution in [1.82, 2.24) is 16.0 Å². The Morgan fingerprint density at radius 3 is 1.91 bits per heavy atom. The molecule has 4 aromatic carbocycles. The molecule has 0 aliphatic carbocycles. The van der Waals surface area contributed by atoms with Crippen LogP contribution in [0.15, 0.2) is 103 Å². The highest BCUT2D eigenvalue weighted by Crippen LogP contribution is 2.34. The van der Waals surface area contributed by atoms with Crippen molar-refractivity contribution in [2.75, 3.05) is 39.4 Å². The number of rotatable bonds is 27.